The van der Waals surface area contributed by atoms with Crippen LogP contribution in [0.1, 0.15) is 47.6 Å². The monoisotopic (exact) mass is 743 g/mol. The minimum Gasteiger partial charge on any atom is -0.456 e. The van der Waals surface area contributed by atoms with Crippen LogP contribution in [-0.4, -0.2) is 0 Å². The van der Waals surface area contributed by atoms with E-state index in [1.54, 1.807) is 0 Å². The molecule has 0 saturated heterocycles. The molecule has 1 aliphatic rings. The fourth-order valence-corrected chi connectivity index (χ4v) is 9.72. The smallest absolute Gasteiger partial charge is 0.135 e. The molecule has 58 heavy (non-hydrogen) atoms. The molecule has 11 rings (SSSR count). The topological polar surface area (TPSA) is 16.4 Å². The lowest BCUT2D eigenvalue weighted by Gasteiger charge is -2.35. The average Bonchev–Trinajstić information content (AvgIpc) is 3.80. The minimum absolute atomic E-state index is 0.351. The number of anilines is 3. The molecule has 0 amide bonds. The quantitative estimate of drug-likeness (QED) is 0.162. The molecule has 0 saturated carbocycles. The molecule has 9 aromatic carbocycles. The highest BCUT2D eigenvalue weighted by molar-refractivity contribution is 6.07. The van der Waals surface area contributed by atoms with Crippen LogP contribution in [0.5, 0.6) is 0 Å². The number of benzene rings is 9. The standard InChI is InChI=1S/C56H41NO/c1-37(2)45-26-16-27-50-55(45)47-31-29-44(36-51(47)56(50,41-21-8-4-9-22-41)42-23-10-5-11-24-42)57(43-30-32-54-49(35-43)46-25-14-15-28-53(46)58-54)52-34-40-20-13-12-19-39(40)33-48(52)38-17-6-3-7-18-38/h3-37H,1-2H3. The first-order valence-electron chi connectivity index (χ1n) is 20.3. The van der Waals surface area contributed by atoms with Gasteiger partial charge in [-0.25, -0.2) is 0 Å². The molecule has 2 nitrogen and oxygen atoms in total. The van der Waals surface area contributed by atoms with Crippen molar-refractivity contribution in [2.24, 2.45) is 0 Å². The summed E-state index contributed by atoms with van der Waals surface area (Å²) in [4.78, 5) is 2.48. The third-order valence-electron chi connectivity index (χ3n) is 12.3. The van der Waals surface area contributed by atoms with Gasteiger partial charge in [0.15, 0.2) is 0 Å². The van der Waals surface area contributed by atoms with Crippen molar-refractivity contribution in [3.63, 3.8) is 0 Å². The van der Waals surface area contributed by atoms with Gasteiger partial charge in [-0.05, 0) is 110 Å². The van der Waals surface area contributed by atoms with Crippen LogP contribution < -0.4 is 4.90 Å². The number of furan rings is 1. The molecule has 1 heterocycles. The lowest BCUT2D eigenvalue weighted by atomic mass is 9.67. The van der Waals surface area contributed by atoms with Crippen LogP contribution in [-0.2, 0) is 5.41 Å². The van der Waals surface area contributed by atoms with Crippen molar-refractivity contribution in [1.29, 1.82) is 0 Å². The van der Waals surface area contributed by atoms with Crippen LogP contribution in [0.4, 0.5) is 17.1 Å². The van der Waals surface area contributed by atoms with E-state index in [9.17, 15) is 0 Å². The van der Waals surface area contributed by atoms with Crippen molar-refractivity contribution in [2.75, 3.05) is 4.90 Å². The first kappa shape index (κ1) is 34.1. The highest BCUT2D eigenvalue weighted by Gasteiger charge is 2.47. The largest absolute Gasteiger partial charge is 0.456 e. The van der Waals surface area contributed by atoms with Gasteiger partial charge in [0.25, 0.3) is 0 Å². The van der Waals surface area contributed by atoms with E-state index in [1.807, 2.05) is 6.07 Å². The molecular formula is C56H41NO. The lowest BCUT2D eigenvalue weighted by Crippen LogP contribution is -2.28. The zero-order valence-electron chi connectivity index (χ0n) is 32.6. The van der Waals surface area contributed by atoms with Crippen molar-refractivity contribution < 1.29 is 4.42 Å². The Labute approximate surface area is 339 Å². The van der Waals surface area contributed by atoms with Crippen LogP contribution in [0.2, 0.25) is 0 Å². The Balaban J connectivity index is 1.26. The molecule has 0 atom stereocenters. The molecule has 0 radical (unpaired) electrons. The maximum absolute atomic E-state index is 6.38. The van der Waals surface area contributed by atoms with Crippen molar-refractivity contribution in [1.82, 2.24) is 0 Å². The Bertz CT molecular complexity index is 3100. The van der Waals surface area contributed by atoms with Crippen LogP contribution in [0.3, 0.4) is 0 Å². The van der Waals surface area contributed by atoms with Crippen molar-refractivity contribution in [2.45, 2.75) is 25.2 Å². The first-order chi connectivity index (χ1) is 28.6. The maximum Gasteiger partial charge on any atom is 0.135 e. The Morgan fingerprint density at radius 3 is 1.78 bits per heavy atom. The summed E-state index contributed by atoms with van der Waals surface area (Å²) >= 11 is 0. The summed E-state index contributed by atoms with van der Waals surface area (Å²) in [7, 11) is 0. The summed E-state index contributed by atoms with van der Waals surface area (Å²) in [6.45, 7) is 4.63. The molecule has 0 aliphatic heterocycles. The summed E-state index contributed by atoms with van der Waals surface area (Å²) in [5.41, 5.74) is 16.0. The summed E-state index contributed by atoms with van der Waals surface area (Å²) in [6.07, 6.45) is 0. The second-order valence-corrected chi connectivity index (χ2v) is 15.8. The number of nitrogens with zero attached hydrogens (tertiary/aromatic N) is 1. The SMILES string of the molecule is CC(C)c1cccc2c1-c1ccc(N(c3ccc4oc5ccccc5c4c3)c3cc4ccccc4cc3-c3ccccc3)cc1C2(c1ccccc1)c1ccccc1. The third kappa shape index (κ3) is 5.18. The van der Waals surface area contributed by atoms with Crippen LogP contribution in [0, 0.1) is 0 Å². The number of rotatable bonds is 7. The number of fused-ring (bicyclic) bond motifs is 7. The summed E-state index contributed by atoms with van der Waals surface area (Å²) < 4.78 is 6.38. The molecule has 276 valence electrons. The van der Waals surface area contributed by atoms with E-state index in [2.05, 4.69) is 219 Å². The Morgan fingerprint density at radius 1 is 0.448 bits per heavy atom. The molecule has 0 unspecified atom stereocenters. The van der Waals surface area contributed by atoms with Gasteiger partial charge in [0.2, 0.25) is 0 Å². The normalized spacial score (nSPS) is 12.9. The van der Waals surface area contributed by atoms with Gasteiger partial charge in [-0.1, -0.05) is 172 Å². The van der Waals surface area contributed by atoms with E-state index < -0.39 is 5.41 Å². The maximum atomic E-state index is 6.38. The van der Waals surface area contributed by atoms with Gasteiger partial charge in [-0.3, -0.25) is 0 Å². The summed E-state index contributed by atoms with van der Waals surface area (Å²) in [5, 5.41) is 4.60. The van der Waals surface area contributed by atoms with Gasteiger partial charge in [0.1, 0.15) is 11.2 Å². The fraction of sp³-hybridized carbons (Fsp3) is 0.0714. The molecule has 10 aromatic rings. The highest BCUT2D eigenvalue weighted by atomic mass is 16.3. The molecule has 2 heteroatoms. The van der Waals surface area contributed by atoms with Gasteiger partial charge < -0.3 is 9.32 Å². The zero-order valence-corrected chi connectivity index (χ0v) is 32.6. The molecule has 0 spiro atoms. The Kier molecular flexibility index (Phi) is 7.94. The molecule has 0 fully saturated rings. The Morgan fingerprint density at radius 2 is 1.05 bits per heavy atom. The first-order valence-corrected chi connectivity index (χ1v) is 20.3. The predicted octanol–water partition coefficient (Wildman–Crippen LogP) is 15.4. The predicted molar refractivity (Wildman–Crippen MR) is 243 cm³/mol. The second-order valence-electron chi connectivity index (χ2n) is 15.8. The lowest BCUT2D eigenvalue weighted by molar-refractivity contribution is 0.669. The van der Waals surface area contributed by atoms with Crippen LogP contribution >= 0.6 is 0 Å². The number of para-hydroxylation sites is 1. The number of hydrogen-bond donors (Lipinski definition) is 0. The summed E-state index contributed by atoms with van der Waals surface area (Å²) in [5.74, 6) is 0.351. The third-order valence-corrected chi connectivity index (χ3v) is 12.3. The van der Waals surface area contributed by atoms with Gasteiger partial charge in [-0.15, -0.1) is 0 Å². The van der Waals surface area contributed by atoms with E-state index in [1.165, 1.54) is 60.8 Å². The molecule has 1 aromatic heterocycles. The fourth-order valence-electron chi connectivity index (χ4n) is 9.72. The zero-order chi connectivity index (χ0) is 38.8. The van der Waals surface area contributed by atoms with Crippen molar-refractivity contribution in [3.05, 3.63) is 234 Å². The van der Waals surface area contributed by atoms with E-state index in [0.29, 0.717) is 5.92 Å². The molecule has 1 aliphatic carbocycles. The van der Waals surface area contributed by atoms with E-state index in [-0.39, 0.29) is 0 Å². The van der Waals surface area contributed by atoms with E-state index >= 15 is 0 Å². The van der Waals surface area contributed by atoms with Crippen LogP contribution in [0.25, 0.3) is 55.0 Å². The van der Waals surface area contributed by atoms with E-state index in [4.69, 9.17) is 4.42 Å². The van der Waals surface area contributed by atoms with Crippen molar-refractivity contribution in [3.8, 4) is 22.3 Å². The van der Waals surface area contributed by atoms with E-state index in [0.717, 1.165) is 39.0 Å². The number of hydrogen-bond acceptors (Lipinski definition) is 2. The molecular weight excluding hydrogens is 703 g/mol. The van der Waals surface area contributed by atoms with Crippen LogP contribution in [0.15, 0.2) is 211 Å². The Hall–Kier alpha value is -7.16. The molecule has 0 N–H and O–H groups in total. The highest BCUT2D eigenvalue weighted by Crippen LogP contribution is 2.59. The second kappa shape index (κ2) is 13.5. The van der Waals surface area contributed by atoms with Gasteiger partial charge in [0.05, 0.1) is 11.1 Å². The molecule has 0 bridgehead atoms. The van der Waals surface area contributed by atoms with Gasteiger partial charge >= 0.3 is 0 Å². The minimum atomic E-state index is -0.546. The average molecular weight is 744 g/mol. The van der Waals surface area contributed by atoms with Crippen molar-refractivity contribution >= 4 is 49.8 Å². The van der Waals surface area contributed by atoms with Gasteiger partial charge in [0, 0.05) is 27.7 Å². The summed E-state index contributed by atoms with van der Waals surface area (Å²) in [6, 6.07) is 75.7. The van der Waals surface area contributed by atoms with Gasteiger partial charge in [-0.2, -0.15) is 0 Å².